The van der Waals surface area contributed by atoms with Gasteiger partial charge in [0.2, 0.25) is 0 Å². The second-order valence-corrected chi connectivity index (χ2v) is 5.54. The maximum atomic E-state index is 12.3. The summed E-state index contributed by atoms with van der Waals surface area (Å²) < 4.78 is 25.7. The fourth-order valence-electron chi connectivity index (χ4n) is 2.76. The summed E-state index contributed by atoms with van der Waals surface area (Å²) in [4.78, 5) is 21.0. The Kier molecular flexibility index (Phi) is 4.54. The van der Waals surface area contributed by atoms with Gasteiger partial charge in [-0.3, -0.25) is 4.68 Å². The van der Waals surface area contributed by atoms with Crippen molar-refractivity contribution in [2.24, 2.45) is 0 Å². The molecule has 3 heterocycles. The minimum Gasteiger partial charge on any atom is -0.348 e. The zero-order chi connectivity index (χ0) is 16.2. The predicted molar refractivity (Wildman–Crippen MR) is 79.4 cm³/mol. The van der Waals surface area contributed by atoms with Crippen LogP contribution in [0.25, 0.3) is 0 Å². The standard InChI is InChI=1S/C14H18F2N6O/c15-13(16)8-22-7-11(5-19-22)20-14(23)21-3-1-10(2-4-21)12-6-17-9-18-12/h5-7,9-10,13H,1-4,8H2,(H,17,18)(H,20,23). The predicted octanol–water partition coefficient (Wildman–Crippen LogP) is 2.28. The van der Waals surface area contributed by atoms with E-state index in [0.717, 1.165) is 23.2 Å². The largest absolute Gasteiger partial charge is 0.348 e. The summed E-state index contributed by atoms with van der Waals surface area (Å²) >= 11 is 0. The molecule has 0 bridgehead atoms. The lowest BCUT2D eigenvalue weighted by molar-refractivity contribution is 0.122. The minimum atomic E-state index is -2.47. The number of anilines is 1. The zero-order valence-corrected chi connectivity index (χ0v) is 12.5. The van der Waals surface area contributed by atoms with E-state index in [0.29, 0.717) is 24.7 Å². The van der Waals surface area contributed by atoms with E-state index >= 15 is 0 Å². The molecule has 7 nitrogen and oxygen atoms in total. The highest BCUT2D eigenvalue weighted by Gasteiger charge is 2.24. The third-order valence-corrected chi connectivity index (χ3v) is 3.95. The zero-order valence-electron chi connectivity index (χ0n) is 12.5. The van der Waals surface area contributed by atoms with E-state index in [1.54, 1.807) is 11.2 Å². The number of aromatic amines is 1. The van der Waals surface area contributed by atoms with Gasteiger partial charge >= 0.3 is 6.03 Å². The van der Waals surface area contributed by atoms with Crippen LogP contribution in [0.15, 0.2) is 24.9 Å². The number of halogens is 2. The van der Waals surface area contributed by atoms with Crippen LogP contribution in [0.3, 0.4) is 0 Å². The number of hydrogen-bond donors (Lipinski definition) is 2. The number of piperidine rings is 1. The van der Waals surface area contributed by atoms with Crippen molar-refractivity contribution in [3.63, 3.8) is 0 Å². The quantitative estimate of drug-likeness (QED) is 0.905. The Morgan fingerprint density at radius 2 is 2.17 bits per heavy atom. The number of urea groups is 1. The fourth-order valence-corrected chi connectivity index (χ4v) is 2.76. The van der Waals surface area contributed by atoms with Crippen LogP contribution >= 0.6 is 0 Å². The van der Waals surface area contributed by atoms with Gasteiger partial charge < -0.3 is 15.2 Å². The normalized spacial score (nSPS) is 16.0. The minimum absolute atomic E-state index is 0.232. The van der Waals surface area contributed by atoms with Crippen LogP contribution in [0.2, 0.25) is 0 Å². The lowest BCUT2D eigenvalue weighted by Gasteiger charge is -2.31. The maximum Gasteiger partial charge on any atom is 0.321 e. The molecule has 1 aliphatic rings. The number of H-pyrrole nitrogens is 1. The summed E-state index contributed by atoms with van der Waals surface area (Å²) in [5.74, 6) is 0.385. The smallest absolute Gasteiger partial charge is 0.321 e. The van der Waals surface area contributed by atoms with Gasteiger partial charge in [-0.1, -0.05) is 0 Å². The highest BCUT2D eigenvalue weighted by molar-refractivity contribution is 5.89. The highest BCUT2D eigenvalue weighted by atomic mass is 19.3. The van der Waals surface area contributed by atoms with Gasteiger partial charge in [-0.25, -0.2) is 18.6 Å². The molecule has 0 aliphatic carbocycles. The topological polar surface area (TPSA) is 78.8 Å². The van der Waals surface area contributed by atoms with Crippen molar-refractivity contribution in [2.45, 2.75) is 31.7 Å². The summed E-state index contributed by atoms with van der Waals surface area (Å²) in [5, 5.41) is 6.49. The highest BCUT2D eigenvalue weighted by Crippen LogP contribution is 2.26. The molecule has 3 rings (SSSR count). The molecule has 1 aliphatic heterocycles. The number of hydrogen-bond acceptors (Lipinski definition) is 3. The van der Waals surface area contributed by atoms with Crippen LogP contribution < -0.4 is 5.32 Å². The Hall–Kier alpha value is -2.45. The molecule has 1 fully saturated rings. The number of carbonyl (C=O) groups excluding carboxylic acids is 1. The van der Waals surface area contributed by atoms with Crippen molar-refractivity contribution in [1.29, 1.82) is 0 Å². The first-order valence-corrected chi connectivity index (χ1v) is 7.46. The van der Waals surface area contributed by atoms with Gasteiger partial charge in [0, 0.05) is 37.1 Å². The van der Waals surface area contributed by atoms with E-state index in [1.165, 1.54) is 12.4 Å². The van der Waals surface area contributed by atoms with Crippen molar-refractivity contribution in [3.8, 4) is 0 Å². The molecule has 0 saturated carbocycles. The molecule has 2 aromatic heterocycles. The van der Waals surface area contributed by atoms with Gasteiger partial charge in [0.15, 0.2) is 0 Å². The van der Waals surface area contributed by atoms with E-state index in [2.05, 4.69) is 20.4 Å². The molecule has 0 radical (unpaired) electrons. The van der Waals surface area contributed by atoms with E-state index in [1.807, 2.05) is 6.20 Å². The number of carbonyl (C=O) groups is 1. The lowest BCUT2D eigenvalue weighted by atomic mass is 9.94. The molecule has 9 heteroatoms. The summed E-state index contributed by atoms with van der Waals surface area (Å²) in [6.07, 6.45) is 5.50. The van der Waals surface area contributed by atoms with Gasteiger partial charge in [-0.2, -0.15) is 5.10 Å². The SMILES string of the molecule is O=C(Nc1cnn(CC(F)F)c1)N1CCC(c2cnc[nH]2)CC1. The fraction of sp³-hybridized carbons (Fsp3) is 0.500. The molecule has 2 N–H and O–H groups in total. The Balaban J connectivity index is 1.50. The third-order valence-electron chi connectivity index (χ3n) is 3.95. The van der Waals surface area contributed by atoms with Crippen LogP contribution in [0.1, 0.15) is 24.5 Å². The van der Waals surface area contributed by atoms with Crippen molar-refractivity contribution in [1.82, 2.24) is 24.6 Å². The monoisotopic (exact) mass is 324 g/mol. The van der Waals surface area contributed by atoms with Crippen LogP contribution in [0.4, 0.5) is 19.3 Å². The first-order valence-electron chi connectivity index (χ1n) is 7.46. The molecule has 0 aromatic carbocycles. The van der Waals surface area contributed by atoms with Crippen molar-refractivity contribution in [2.75, 3.05) is 18.4 Å². The first kappa shape index (κ1) is 15.4. The molecule has 0 unspecified atom stereocenters. The van der Waals surface area contributed by atoms with Crippen molar-refractivity contribution >= 4 is 11.7 Å². The first-order chi connectivity index (χ1) is 11.1. The average Bonchev–Trinajstić information content (AvgIpc) is 3.19. The van der Waals surface area contributed by atoms with Gasteiger partial charge in [0.1, 0.15) is 6.54 Å². The van der Waals surface area contributed by atoms with E-state index < -0.39 is 13.0 Å². The van der Waals surface area contributed by atoms with Crippen molar-refractivity contribution < 1.29 is 13.6 Å². The van der Waals surface area contributed by atoms with Gasteiger partial charge in [0.25, 0.3) is 6.43 Å². The summed E-state index contributed by atoms with van der Waals surface area (Å²) in [6.45, 7) is 0.798. The Bertz CT molecular complexity index is 633. The molecular formula is C14H18F2N6O. The molecule has 2 aromatic rings. The molecule has 0 spiro atoms. The number of nitrogens with one attached hydrogen (secondary N) is 2. The molecule has 23 heavy (non-hydrogen) atoms. The molecule has 2 amide bonds. The molecule has 124 valence electrons. The number of aromatic nitrogens is 4. The molecular weight excluding hydrogens is 306 g/mol. The molecule has 1 saturated heterocycles. The number of nitrogens with zero attached hydrogens (tertiary/aromatic N) is 4. The second-order valence-electron chi connectivity index (χ2n) is 5.54. The van der Waals surface area contributed by atoms with E-state index in [4.69, 9.17) is 0 Å². The molecule has 0 atom stereocenters. The van der Waals surface area contributed by atoms with E-state index in [-0.39, 0.29) is 6.03 Å². The Labute approximate surface area is 131 Å². The number of alkyl halides is 2. The van der Waals surface area contributed by atoms with Crippen LogP contribution in [-0.4, -0.2) is 50.2 Å². The van der Waals surface area contributed by atoms with Gasteiger partial charge in [-0.05, 0) is 12.8 Å². The summed E-state index contributed by atoms with van der Waals surface area (Å²) in [6, 6.07) is -0.232. The van der Waals surface area contributed by atoms with Gasteiger partial charge in [-0.15, -0.1) is 0 Å². The van der Waals surface area contributed by atoms with Gasteiger partial charge in [0.05, 0.1) is 18.2 Å². The van der Waals surface area contributed by atoms with Crippen LogP contribution in [0.5, 0.6) is 0 Å². The summed E-state index contributed by atoms with van der Waals surface area (Å²) in [7, 11) is 0. The number of rotatable bonds is 4. The second kappa shape index (κ2) is 6.76. The van der Waals surface area contributed by atoms with Crippen LogP contribution in [-0.2, 0) is 6.54 Å². The maximum absolute atomic E-state index is 12.3. The van der Waals surface area contributed by atoms with E-state index in [9.17, 15) is 13.6 Å². The number of imidazole rings is 1. The third kappa shape index (κ3) is 3.85. The summed E-state index contributed by atoms with van der Waals surface area (Å²) in [5.41, 5.74) is 1.52. The van der Waals surface area contributed by atoms with Crippen molar-refractivity contribution in [3.05, 3.63) is 30.6 Å². The average molecular weight is 324 g/mol. The van der Waals surface area contributed by atoms with Crippen LogP contribution in [0, 0.1) is 0 Å². The Morgan fingerprint density at radius 1 is 1.39 bits per heavy atom. The lowest BCUT2D eigenvalue weighted by Crippen LogP contribution is -2.40. The number of likely N-dealkylation sites (tertiary alicyclic amines) is 1. The number of amides is 2. The Morgan fingerprint density at radius 3 is 2.83 bits per heavy atom.